The lowest BCUT2D eigenvalue weighted by Crippen LogP contribution is -2.09. The smallest absolute Gasteiger partial charge is 0.339 e. The molecule has 1 aromatic heterocycles. The number of hydrogen-bond donors (Lipinski definition) is 1. The summed E-state index contributed by atoms with van der Waals surface area (Å²) in [4.78, 5) is 21.7. The number of carbonyl (C=O) groups is 1. The Morgan fingerprint density at radius 2 is 1.87 bits per heavy atom. The van der Waals surface area contributed by atoms with Crippen LogP contribution >= 0.6 is 11.8 Å². The number of carbonyl (C=O) groups excluding carboxylic acids is 1. The first-order valence-corrected chi connectivity index (χ1v) is 8.23. The van der Waals surface area contributed by atoms with Gasteiger partial charge in [0.1, 0.15) is 5.82 Å². The van der Waals surface area contributed by atoms with Gasteiger partial charge in [-0.1, -0.05) is 24.3 Å². The zero-order valence-corrected chi connectivity index (χ0v) is 13.3. The van der Waals surface area contributed by atoms with Crippen LogP contribution in [0.25, 0.3) is 10.9 Å². The third kappa shape index (κ3) is 3.27. The first kappa shape index (κ1) is 15.3. The number of anilines is 1. The highest BCUT2D eigenvalue weighted by Gasteiger charge is 2.13. The minimum atomic E-state index is -0.398. The summed E-state index contributed by atoms with van der Waals surface area (Å²) in [6.07, 6.45) is 1.92. The lowest BCUT2D eigenvalue weighted by atomic mass is 10.2. The number of rotatable bonds is 4. The van der Waals surface area contributed by atoms with Crippen molar-refractivity contribution in [2.24, 2.45) is 0 Å². The highest BCUT2D eigenvalue weighted by Crippen LogP contribution is 2.21. The number of ether oxygens (including phenoxy) is 1. The maximum absolute atomic E-state index is 12.2. The molecule has 0 saturated carbocycles. The molecule has 0 aliphatic rings. The molecule has 5 nitrogen and oxygen atoms in total. The number of nitrogens with zero attached hydrogens (tertiary/aromatic N) is 2. The van der Waals surface area contributed by atoms with Crippen LogP contribution in [0.2, 0.25) is 0 Å². The van der Waals surface area contributed by atoms with Crippen molar-refractivity contribution in [3.63, 3.8) is 0 Å². The molecule has 0 radical (unpaired) electrons. The van der Waals surface area contributed by atoms with Gasteiger partial charge in [0, 0.05) is 10.3 Å². The van der Waals surface area contributed by atoms with Gasteiger partial charge in [-0.3, -0.25) is 0 Å². The van der Waals surface area contributed by atoms with E-state index in [-0.39, 0.29) is 6.61 Å². The van der Waals surface area contributed by atoms with E-state index in [0.717, 1.165) is 15.8 Å². The van der Waals surface area contributed by atoms with Gasteiger partial charge < -0.3 is 10.5 Å². The molecule has 0 aliphatic carbocycles. The lowest BCUT2D eigenvalue weighted by molar-refractivity contribution is 0.0458. The molecule has 2 N–H and O–H groups in total. The zero-order valence-electron chi connectivity index (χ0n) is 12.5. The van der Waals surface area contributed by atoms with E-state index < -0.39 is 5.97 Å². The third-order valence-electron chi connectivity index (χ3n) is 3.34. The summed E-state index contributed by atoms with van der Waals surface area (Å²) in [5.74, 6) is 0.368. The molecule has 3 aromatic rings. The number of thioether (sulfide) groups is 1. The Morgan fingerprint density at radius 1 is 1.13 bits per heavy atom. The average Bonchev–Trinajstić information content (AvgIpc) is 2.59. The molecule has 6 heteroatoms. The SMILES string of the molecule is CSc1ccccc1C(=O)OCc1nc(N)c2ccccc2n1. The zero-order chi connectivity index (χ0) is 16.2. The fourth-order valence-electron chi connectivity index (χ4n) is 2.24. The summed E-state index contributed by atoms with van der Waals surface area (Å²) < 4.78 is 5.33. The van der Waals surface area contributed by atoms with E-state index in [1.54, 1.807) is 12.1 Å². The van der Waals surface area contributed by atoms with Gasteiger partial charge in [-0.2, -0.15) is 0 Å². The van der Waals surface area contributed by atoms with Crippen molar-refractivity contribution in [2.75, 3.05) is 12.0 Å². The number of hydrogen-bond acceptors (Lipinski definition) is 6. The van der Waals surface area contributed by atoms with Crippen LogP contribution in [-0.4, -0.2) is 22.2 Å². The summed E-state index contributed by atoms with van der Waals surface area (Å²) in [6, 6.07) is 14.8. The Labute approximate surface area is 137 Å². The second-order valence-corrected chi connectivity index (χ2v) is 5.67. The lowest BCUT2D eigenvalue weighted by Gasteiger charge is -2.08. The van der Waals surface area contributed by atoms with Crippen LogP contribution in [0.15, 0.2) is 53.4 Å². The van der Waals surface area contributed by atoms with Crippen LogP contribution < -0.4 is 5.73 Å². The van der Waals surface area contributed by atoms with E-state index >= 15 is 0 Å². The first-order chi connectivity index (χ1) is 11.2. The van der Waals surface area contributed by atoms with Crippen molar-refractivity contribution in [3.05, 3.63) is 59.9 Å². The van der Waals surface area contributed by atoms with Crippen molar-refractivity contribution in [3.8, 4) is 0 Å². The predicted molar refractivity (Wildman–Crippen MR) is 91.3 cm³/mol. The van der Waals surface area contributed by atoms with E-state index in [1.165, 1.54) is 11.8 Å². The van der Waals surface area contributed by atoms with E-state index in [4.69, 9.17) is 10.5 Å². The minimum absolute atomic E-state index is 0.0173. The molecule has 0 saturated heterocycles. The van der Waals surface area contributed by atoms with Gasteiger partial charge in [-0.05, 0) is 30.5 Å². The molecule has 23 heavy (non-hydrogen) atoms. The van der Waals surface area contributed by atoms with Crippen molar-refractivity contribution in [2.45, 2.75) is 11.5 Å². The highest BCUT2D eigenvalue weighted by atomic mass is 32.2. The molecule has 0 amide bonds. The quantitative estimate of drug-likeness (QED) is 0.586. The maximum atomic E-state index is 12.2. The van der Waals surface area contributed by atoms with Gasteiger partial charge in [-0.15, -0.1) is 11.8 Å². The topological polar surface area (TPSA) is 78.1 Å². The molecule has 3 rings (SSSR count). The summed E-state index contributed by atoms with van der Waals surface area (Å²) in [7, 11) is 0. The van der Waals surface area contributed by atoms with E-state index in [1.807, 2.05) is 42.7 Å². The second-order valence-electron chi connectivity index (χ2n) is 4.82. The summed E-state index contributed by atoms with van der Waals surface area (Å²) in [6.45, 7) is -0.0173. The van der Waals surface area contributed by atoms with Gasteiger partial charge in [-0.25, -0.2) is 14.8 Å². The number of para-hydroxylation sites is 1. The number of nitrogen functional groups attached to an aromatic ring is 1. The van der Waals surface area contributed by atoms with Crippen LogP contribution in [0, 0.1) is 0 Å². The Bertz CT molecular complexity index is 867. The molecule has 0 atom stereocenters. The molecular weight excluding hydrogens is 310 g/mol. The van der Waals surface area contributed by atoms with Gasteiger partial charge in [0.15, 0.2) is 12.4 Å². The maximum Gasteiger partial charge on any atom is 0.339 e. The fraction of sp³-hybridized carbons (Fsp3) is 0.118. The number of benzene rings is 2. The van der Waals surface area contributed by atoms with Crippen LogP contribution in [0.3, 0.4) is 0 Å². The van der Waals surface area contributed by atoms with Crippen LogP contribution in [-0.2, 0) is 11.3 Å². The number of esters is 1. The minimum Gasteiger partial charge on any atom is -0.454 e. The Morgan fingerprint density at radius 3 is 2.70 bits per heavy atom. The normalized spacial score (nSPS) is 10.7. The number of nitrogens with two attached hydrogens (primary N) is 1. The molecule has 0 bridgehead atoms. The Balaban J connectivity index is 1.79. The summed E-state index contributed by atoms with van der Waals surface area (Å²) in [5.41, 5.74) is 7.19. The summed E-state index contributed by atoms with van der Waals surface area (Å²) >= 11 is 1.50. The second kappa shape index (κ2) is 6.66. The van der Waals surface area contributed by atoms with Crippen molar-refractivity contribution in [1.82, 2.24) is 9.97 Å². The number of aromatic nitrogens is 2. The fourth-order valence-corrected chi connectivity index (χ4v) is 2.82. The largest absolute Gasteiger partial charge is 0.454 e. The van der Waals surface area contributed by atoms with Gasteiger partial charge in [0.05, 0.1) is 11.1 Å². The summed E-state index contributed by atoms with van der Waals surface area (Å²) in [5, 5.41) is 0.787. The standard InChI is InChI=1S/C17H15N3O2S/c1-23-14-9-5-3-7-12(14)17(21)22-10-15-19-13-8-4-2-6-11(13)16(18)20-15/h2-9H,10H2,1H3,(H2,18,19,20). The van der Waals surface area contributed by atoms with Crippen molar-refractivity contribution in [1.29, 1.82) is 0 Å². The average molecular weight is 325 g/mol. The molecular formula is C17H15N3O2S. The Hall–Kier alpha value is -2.60. The molecule has 2 aromatic carbocycles. The van der Waals surface area contributed by atoms with E-state index in [9.17, 15) is 4.79 Å². The first-order valence-electron chi connectivity index (χ1n) is 7.00. The molecule has 0 aliphatic heterocycles. The Kier molecular flexibility index (Phi) is 4.43. The van der Waals surface area contributed by atoms with Gasteiger partial charge >= 0.3 is 5.97 Å². The monoisotopic (exact) mass is 325 g/mol. The molecule has 1 heterocycles. The van der Waals surface area contributed by atoms with Gasteiger partial charge in [0.2, 0.25) is 0 Å². The molecule has 0 fully saturated rings. The van der Waals surface area contributed by atoms with Crippen LogP contribution in [0.1, 0.15) is 16.2 Å². The van der Waals surface area contributed by atoms with Gasteiger partial charge in [0.25, 0.3) is 0 Å². The third-order valence-corrected chi connectivity index (χ3v) is 4.13. The highest BCUT2D eigenvalue weighted by molar-refractivity contribution is 7.98. The van der Waals surface area contributed by atoms with E-state index in [0.29, 0.717) is 17.2 Å². The van der Waals surface area contributed by atoms with Crippen molar-refractivity contribution < 1.29 is 9.53 Å². The predicted octanol–water partition coefficient (Wildman–Crippen LogP) is 3.29. The van der Waals surface area contributed by atoms with Crippen LogP contribution in [0.4, 0.5) is 5.82 Å². The molecule has 0 spiro atoms. The van der Waals surface area contributed by atoms with E-state index in [2.05, 4.69) is 9.97 Å². The van der Waals surface area contributed by atoms with Crippen LogP contribution in [0.5, 0.6) is 0 Å². The number of fused-ring (bicyclic) bond motifs is 1. The van der Waals surface area contributed by atoms with Crippen molar-refractivity contribution >= 4 is 34.5 Å². The molecule has 0 unspecified atom stereocenters. The molecule has 116 valence electrons.